The van der Waals surface area contributed by atoms with E-state index < -0.39 is 0 Å². The first kappa shape index (κ1) is 27.0. The first-order valence-electron chi connectivity index (χ1n) is 12.0. The van der Waals surface area contributed by atoms with Gasteiger partial charge < -0.3 is 40.4 Å². The lowest BCUT2D eigenvalue weighted by Crippen LogP contribution is -3.00. The van der Waals surface area contributed by atoms with Crippen LogP contribution in [0.5, 0.6) is 11.5 Å². The standard InChI is InChI=1S/C26H39BrNO4.BrH/c1-26(2)21-6-5-19(22(26)16-21)7-11-31-12-8-28(9-13-32-14-10-28)18-20-15-24(29-3)25(30-4)17-23(20)27;/h5,15,17,21-22H,6-14,16,18H2,1-4H3;1H/q+1;/p-1/t21-,22-;/m0./s1. The number of quaternary nitrogens is 1. The first-order valence-corrected chi connectivity index (χ1v) is 12.8. The van der Waals surface area contributed by atoms with Crippen LogP contribution in [0, 0.1) is 17.3 Å². The molecule has 1 aliphatic heterocycles. The molecule has 2 bridgehead atoms. The van der Waals surface area contributed by atoms with E-state index in [0.29, 0.717) is 5.41 Å². The number of benzene rings is 1. The van der Waals surface area contributed by atoms with Crippen molar-refractivity contribution in [3.8, 4) is 11.5 Å². The number of methoxy groups -OCH3 is 2. The summed E-state index contributed by atoms with van der Waals surface area (Å²) in [6.45, 7) is 12.0. The van der Waals surface area contributed by atoms with Gasteiger partial charge in [-0.15, -0.1) is 0 Å². The third-order valence-electron chi connectivity index (χ3n) is 8.31. The molecule has 3 aliphatic carbocycles. The van der Waals surface area contributed by atoms with Crippen molar-refractivity contribution in [3.63, 3.8) is 0 Å². The summed E-state index contributed by atoms with van der Waals surface area (Å²) in [7, 11) is 3.36. The maximum atomic E-state index is 6.19. The van der Waals surface area contributed by atoms with Crippen LogP contribution in [0.25, 0.3) is 0 Å². The maximum Gasteiger partial charge on any atom is 0.161 e. The van der Waals surface area contributed by atoms with E-state index in [0.717, 1.165) is 91.3 Å². The number of morpholine rings is 1. The van der Waals surface area contributed by atoms with Crippen molar-refractivity contribution < 1.29 is 40.4 Å². The second-order valence-corrected chi connectivity index (χ2v) is 11.1. The molecular formula is C26H39Br2NO4. The van der Waals surface area contributed by atoms with Gasteiger partial charge in [-0.3, -0.25) is 0 Å². The lowest BCUT2D eigenvalue weighted by atomic mass is 9.48. The van der Waals surface area contributed by atoms with E-state index in [1.54, 1.807) is 19.8 Å². The summed E-state index contributed by atoms with van der Waals surface area (Å²) in [5, 5.41) is 0. The Morgan fingerprint density at radius 3 is 2.42 bits per heavy atom. The lowest BCUT2D eigenvalue weighted by molar-refractivity contribution is -0.947. The normalized spacial score (nSPS) is 24.8. The molecule has 33 heavy (non-hydrogen) atoms. The fourth-order valence-electron chi connectivity index (χ4n) is 5.88. The van der Waals surface area contributed by atoms with Gasteiger partial charge >= 0.3 is 0 Å². The molecule has 1 heterocycles. The number of ether oxygens (including phenoxy) is 4. The molecule has 7 heteroatoms. The average Bonchev–Trinajstić information content (AvgIpc) is 2.80. The number of fused-ring (bicyclic) bond motifs is 1. The minimum atomic E-state index is 0. The number of halogens is 2. The zero-order valence-corrected chi connectivity index (χ0v) is 23.7. The molecular weight excluding hydrogens is 550 g/mol. The van der Waals surface area contributed by atoms with Crippen molar-refractivity contribution in [2.45, 2.75) is 39.7 Å². The molecule has 2 fully saturated rings. The summed E-state index contributed by atoms with van der Waals surface area (Å²) in [5.41, 5.74) is 3.38. The van der Waals surface area contributed by atoms with Crippen molar-refractivity contribution in [3.05, 3.63) is 33.8 Å². The predicted octanol–water partition coefficient (Wildman–Crippen LogP) is 2.22. The Bertz CT molecular complexity index is 836. The fourth-order valence-corrected chi connectivity index (χ4v) is 6.33. The molecule has 1 aromatic carbocycles. The molecule has 0 spiro atoms. The van der Waals surface area contributed by atoms with Gasteiger partial charge in [0.15, 0.2) is 11.5 Å². The van der Waals surface area contributed by atoms with E-state index >= 15 is 0 Å². The van der Waals surface area contributed by atoms with Gasteiger partial charge in [-0.25, -0.2) is 0 Å². The van der Waals surface area contributed by atoms with Gasteiger partial charge in [0.05, 0.1) is 40.6 Å². The fraction of sp³-hybridized carbons (Fsp3) is 0.692. The van der Waals surface area contributed by atoms with E-state index in [9.17, 15) is 0 Å². The molecule has 0 amide bonds. The van der Waals surface area contributed by atoms with Crippen LogP contribution in [-0.4, -0.2) is 64.8 Å². The van der Waals surface area contributed by atoms with E-state index in [4.69, 9.17) is 18.9 Å². The van der Waals surface area contributed by atoms with Crippen LogP contribution < -0.4 is 26.5 Å². The zero-order valence-electron chi connectivity index (χ0n) is 20.5. The highest BCUT2D eigenvalue weighted by Crippen LogP contribution is 2.59. The van der Waals surface area contributed by atoms with Crippen LogP contribution in [0.1, 0.15) is 38.7 Å². The number of hydrogen-bond acceptors (Lipinski definition) is 4. The highest BCUT2D eigenvalue weighted by Gasteiger charge is 2.50. The largest absolute Gasteiger partial charge is 1.00 e. The second-order valence-electron chi connectivity index (χ2n) is 10.3. The number of nitrogens with zero attached hydrogens (tertiary/aromatic N) is 1. The number of allylic oxidation sites excluding steroid dienone is 1. The van der Waals surface area contributed by atoms with Crippen molar-refractivity contribution in [1.29, 1.82) is 0 Å². The van der Waals surface area contributed by atoms with Crippen LogP contribution in [0.2, 0.25) is 0 Å². The number of hydrogen-bond donors (Lipinski definition) is 0. The molecule has 0 unspecified atom stereocenters. The zero-order chi connectivity index (χ0) is 22.8. The Labute approximate surface area is 218 Å². The SMILES string of the molecule is COc1cc(Br)c(C[N+]2(CCOCCC3=CC[C@H]4C[C@@H]3C4(C)C)CCOCC2)cc1OC.[Br-]. The summed E-state index contributed by atoms with van der Waals surface area (Å²) in [5.74, 6) is 3.21. The van der Waals surface area contributed by atoms with Gasteiger partial charge in [-0.05, 0) is 48.6 Å². The van der Waals surface area contributed by atoms with Crippen LogP contribution in [0.3, 0.4) is 0 Å². The van der Waals surface area contributed by atoms with Crippen LogP contribution in [0.15, 0.2) is 28.3 Å². The molecule has 5 nitrogen and oxygen atoms in total. The van der Waals surface area contributed by atoms with Crippen molar-refractivity contribution in [2.24, 2.45) is 17.3 Å². The summed E-state index contributed by atoms with van der Waals surface area (Å²) in [6.07, 6.45) is 6.24. The van der Waals surface area contributed by atoms with Crippen molar-refractivity contribution in [2.75, 3.05) is 60.3 Å². The van der Waals surface area contributed by atoms with Gasteiger partial charge in [-0.2, -0.15) is 0 Å². The highest BCUT2D eigenvalue weighted by molar-refractivity contribution is 9.10. The predicted molar refractivity (Wildman–Crippen MR) is 130 cm³/mol. The minimum Gasteiger partial charge on any atom is -1.00 e. The van der Waals surface area contributed by atoms with E-state index in [-0.39, 0.29) is 17.0 Å². The third kappa shape index (κ3) is 5.80. The molecule has 4 aliphatic rings. The van der Waals surface area contributed by atoms with Gasteiger partial charge in [0.2, 0.25) is 0 Å². The van der Waals surface area contributed by atoms with Crippen molar-refractivity contribution in [1.82, 2.24) is 0 Å². The summed E-state index contributed by atoms with van der Waals surface area (Å²) < 4.78 is 24.9. The topological polar surface area (TPSA) is 36.9 Å². The van der Waals surface area contributed by atoms with E-state index in [1.807, 2.05) is 6.07 Å². The Balaban J connectivity index is 0.00000306. The smallest absolute Gasteiger partial charge is 0.161 e. The second kappa shape index (κ2) is 11.4. The maximum absolute atomic E-state index is 6.19. The molecule has 2 atom stereocenters. The molecule has 1 saturated carbocycles. The molecule has 5 rings (SSSR count). The van der Waals surface area contributed by atoms with Crippen LogP contribution >= 0.6 is 15.9 Å². The Kier molecular flexibility index (Phi) is 9.35. The lowest BCUT2D eigenvalue weighted by Gasteiger charge is -2.56. The van der Waals surface area contributed by atoms with Gasteiger partial charge in [0.1, 0.15) is 26.2 Å². The molecule has 1 aromatic rings. The molecule has 0 aromatic heterocycles. The van der Waals surface area contributed by atoms with Crippen LogP contribution in [0.4, 0.5) is 0 Å². The van der Waals surface area contributed by atoms with Crippen molar-refractivity contribution >= 4 is 15.9 Å². The molecule has 0 radical (unpaired) electrons. The highest BCUT2D eigenvalue weighted by atomic mass is 79.9. The first-order chi connectivity index (χ1) is 15.4. The molecule has 1 saturated heterocycles. The van der Waals surface area contributed by atoms with Gasteiger partial charge in [0, 0.05) is 10.0 Å². The number of rotatable bonds is 10. The molecule has 0 N–H and O–H groups in total. The summed E-state index contributed by atoms with van der Waals surface area (Å²) in [6, 6.07) is 4.11. The van der Waals surface area contributed by atoms with Gasteiger partial charge in [0.25, 0.3) is 0 Å². The average molecular weight is 589 g/mol. The summed E-state index contributed by atoms with van der Waals surface area (Å²) in [4.78, 5) is 0. The van der Waals surface area contributed by atoms with E-state index in [1.165, 1.54) is 18.4 Å². The Morgan fingerprint density at radius 2 is 1.79 bits per heavy atom. The van der Waals surface area contributed by atoms with E-state index in [2.05, 4.69) is 41.9 Å². The summed E-state index contributed by atoms with van der Waals surface area (Å²) >= 11 is 3.74. The Hall–Kier alpha value is -0.600. The van der Waals surface area contributed by atoms with Crippen LogP contribution in [-0.2, 0) is 16.0 Å². The molecule has 186 valence electrons. The Morgan fingerprint density at radius 1 is 1.09 bits per heavy atom. The third-order valence-corrected chi connectivity index (χ3v) is 9.04. The van der Waals surface area contributed by atoms with Gasteiger partial charge in [-0.1, -0.05) is 41.4 Å². The monoisotopic (exact) mass is 587 g/mol. The quantitative estimate of drug-likeness (QED) is 0.239. The minimum absolute atomic E-state index is 0.